The SMILES string of the molecule is CNC(=O)C1CN(CC(=O)Nc2ccc(Br)cc2Cl)c2ccccc2O1. The smallest absolute Gasteiger partial charge is 0.262 e. The summed E-state index contributed by atoms with van der Waals surface area (Å²) in [5, 5.41) is 5.82. The average Bonchev–Trinajstić information content (AvgIpc) is 2.63. The number of ether oxygens (including phenoxy) is 1. The highest BCUT2D eigenvalue weighted by molar-refractivity contribution is 9.10. The van der Waals surface area contributed by atoms with Gasteiger partial charge in [0.05, 0.1) is 29.5 Å². The molecule has 0 aromatic heterocycles. The summed E-state index contributed by atoms with van der Waals surface area (Å²) in [7, 11) is 1.55. The molecule has 0 aliphatic carbocycles. The minimum Gasteiger partial charge on any atom is -0.477 e. The molecule has 1 aliphatic heterocycles. The highest BCUT2D eigenvalue weighted by Crippen LogP contribution is 2.33. The summed E-state index contributed by atoms with van der Waals surface area (Å²) in [6.07, 6.45) is -0.682. The molecule has 0 fully saturated rings. The van der Waals surface area contributed by atoms with Gasteiger partial charge in [0.2, 0.25) is 5.91 Å². The van der Waals surface area contributed by atoms with Gasteiger partial charge in [-0.3, -0.25) is 9.59 Å². The number of amides is 2. The standard InChI is InChI=1S/C18H17BrClN3O3/c1-21-18(25)16-9-23(14-4-2-3-5-15(14)26-16)10-17(24)22-13-7-6-11(19)8-12(13)20/h2-8,16H,9-10H2,1H3,(H,21,25)(H,22,24). The quantitative estimate of drug-likeness (QED) is 0.770. The van der Waals surface area contributed by atoms with Crippen molar-refractivity contribution >= 4 is 50.7 Å². The third-order valence-corrected chi connectivity index (χ3v) is 4.75. The molecular weight excluding hydrogens is 422 g/mol. The number of rotatable bonds is 4. The Labute approximate surface area is 164 Å². The number of likely N-dealkylation sites (N-methyl/N-ethyl adjacent to an activating group) is 1. The van der Waals surface area contributed by atoms with E-state index in [4.69, 9.17) is 16.3 Å². The van der Waals surface area contributed by atoms with Crippen molar-refractivity contribution in [3.8, 4) is 5.75 Å². The zero-order chi connectivity index (χ0) is 18.7. The summed E-state index contributed by atoms with van der Waals surface area (Å²) in [5.41, 5.74) is 1.30. The van der Waals surface area contributed by atoms with E-state index in [1.54, 1.807) is 31.3 Å². The van der Waals surface area contributed by atoms with Gasteiger partial charge < -0.3 is 20.3 Å². The first kappa shape index (κ1) is 18.5. The number of hydrogen-bond acceptors (Lipinski definition) is 4. The lowest BCUT2D eigenvalue weighted by Crippen LogP contribution is -2.50. The zero-order valence-corrected chi connectivity index (χ0v) is 16.3. The Morgan fingerprint density at radius 1 is 1.31 bits per heavy atom. The van der Waals surface area contributed by atoms with Crippen LogP contribution in [0.2, 0.25) is 5.02 Å². The maximum Gasteiger partial charge on any atom is 0.262 e. The second kappa shape index (κ2) is 7.97. The summed E-state index contributed by atoms with van der Waals surface area (Å²) in [4.78, 5) is 26.3. The third kappa shape index (κ3) is 4.11. The number of hydrogen-bond donors (Lipinski definition) is 2. The van der Waals surface area contributed by atoms with Crippen LogP contribution in [0.1, 0.15) is 0 Å². The number of carbonyl (C=O) groups excluding carboxylic acids is 2. The number of halogens is 2. The van der Waals surface area contributed by atoms with Gasteiger partial charge in [0.15, 0.2) is 6.10 Å². The van der Waals surface area contributed by atoms with Crippen LogP contribution in [0.3, 0.4) is 0 Å². The van der Waals surface area contributed by atoms with E-state index in [1.165, 1.54) is 0 Å². The Morgan fingerprint density at radius 3 is 2.81 bits per heavy atom. The molecule has 1 aliphatic rings. The number of nitrogens with zero attached hydrogens (tertiary/aromatic N) is 1. The minimum atomic E-state index is -0.682. The Morgan fingerprint density at radius 2 is 2.08 bits per heavy atom. The monoisotopic (exact) mass is 437 g/mol. The third-order valence-electron chi connectivity index (χ3n) is 3.94. The second-order valence-electron chi connectivity index (χ2n) is 5.74. The van der Waals surface area contributed by atoms with Crippen molar-refractivity contribution in [3.63, 3.8) is 0 Å². The lowest BCUT2D eigenvalue weighted by atomic mass is 10.1. The van der Waals surface area contributed by atoms with E-state index in [9.17, 15) is 9.59 Å². The first-order valence-corrected chi connectivity index (χ1v) is 9.12. The molecule has 2 amide bonds. The molecule has 8 heteroatoms. The summed E-state index contributed by atoms with van der Waals surface area (Å²) in [5.74, 6) is 0.101. The average molecular weight is 439 g/mol. The molecule has 0 spiro atoms. The fourth-order valence-corrected chi connectivity index (χ4v) is 3.43. The van der Waals surface area contributed by atoms with Gasteiger partial charge in [-0.1, -0.05) is 39.7 Å². The second-order valence-corrected chi connectivity index (χ2v) is 7.06. The molecule has 1 atom stereocenters. The van der Waals surface area contributed by atoms with Crippen LogP contribution < -0.4 is 20.3 Å². The fraction of sp³-hybridized carbons (Fsp3) is 0.222. The van der Waals surface area contributed by atoms with Crippen LogP contribution in [0.5, 0.6) is 5.75 Å². The summed E-state index contributed by atoms with van der Waals surface area (Å²) in [6, 6.07) is 12.6. The molecule has 26 heavy (non-hydrogen) atoms. The van der Waals surface area contributed by atoms with Gasteiger partial charge in [-0.25, -0.2) is 0 Å². The zero-order valence-electron chi connectivity index (χ0n) is 14.0. The van der Waals surface area contributed by atoms with Crippen molar-refractivity contribution in [1.82, 2.24) is 5.32 Å². The Hall–Kier alpha value is -2.25. The minimum absolute atomic E-state index is 0.0697. The highest BCUT2D eigenvalue weighted by Gasteiger charge is 2.31. The van der Waals surface area contributed by atoms with Crippen LogP contribution >= 0.6 is 27.5 Å². The van der Waals surface area contributed by atoms with Crippen molar-refractivity contribution < 1.29 is 14.3 Å². The van der Waals surface area contributed by atoms with E-state index in [2.05, 4.69) is 26.6 Å². The molecule has 1 unspecified atom stereocenters. The van der Waals surface area contributed by atoms with E-state index in [1.807, 2.05) is 23.1 Å². The lowest BCUT2D eigenvalue weighted by Gasteiger charge is -2.35. The molecule has 1 heterocycles. The number of carbonyl (C=O) groups is 2. The first-order chi connectivity index (χ1) is 12.5. The molecule has 3 rings (SSSR count). The van der Waals surface area contributed by atoms with E-state index in [0.717, 1.165) is 10.2 Å². The molecule has 2 aromatic rings. The van der Waals surface area contributed by atoms with Gasteiger partial charge in [0.25, 0.3) is 5.91 Å². The summed E-state index contributed by atoms with van der Waals surface area (Å²) >= 11 is 9.48. The van der Waals surface area contributed by atoms with Crippen LogP contribution in [0.15, 0.2) is 46.9 Å². The Kier molecular flexibility index (Phi) is 5.68. The van der Waals surface area contributed by atoms with Gasteiger partial charge in [-0.05, 0) is 30.3 Å². The maximum absolute atomic E-state index is 12.5. The van der Waals surface area contributed by atoms with Gasteiger partial charge in [0.1, 0.15) is 5.75 Å². The highest BCUT2D eigenvalue weighted by atomic mass is 79.9. The van der Waals surface area contributed by atoms with E-state index in [0.29, 0.717) is 16.5 Å². The lowest BCUT2D eigenvalue weighted by molar-refractivity contribution is -0.127. The number of fused-ring (bicyclic) bond motifs is 1. The Balaban J connectivity index is 1.76. The van der Waals surface area contributed by atoms with Crippen LogP contribution in [0.25, 0.3) is 0 Å². The number of benzene rings is 2. The topological polar surface area (TPSA) is 70.7 Å². The molecule has 2 N–H and O–H groups in total. The summed E-state index contributed by atoms with van der Waals surface area (Å²) < 4.78 is 6.56. The summed E-state index contributed by atoms with van der Waals surface area (Å²) in [6.45, 7) is 0.346. The van der Waals surface area contributed by atoms with Gasteiger partial charge in [-0.15, -0.1) is 0 Å². The Bertz CT molecular complexity index is 846. The van der Waals surface area contributed by atoms with Crippen molar-refractivity contribution in [1.29, 1.82) is 0 Å². The number of nitrogens with one attached hydrogen (secondary N) is 2. The molecule has 0 bridgehead atoms. The number of anilines is 2. The largest absolute Gasteiger partial charge is 0.477 e. The molecule has 6 nitrogen and oxygen atoms in total. The van der Waals surface area contributed by atoms with E-state index >= 15 is 0 Å². The molecule has 2 aromatic carbocycles. The predicted molar refractivity (Wildman–Crippen MR) is 105 cm³/mol. The van der Waals surface area contributed by atoms with Gasteiger partial charge >= 0.3 is 0 Å². The molecule has 0 saturated heterocycles. The first-order valence-electron chi connectivity index (χ1n) is 7.95. The number of para-hydroxylation sites is 2. The van der Waals surface area contributed by atoms with Crippen molar-refractivity contribution in [3.05, 3.63) is 52.0 Å². The van der Waals surface area contributed by atoms with Crippen LogP contribution in [-0.2, 0) is 9.59 Å². The molecule has 136 valence electrons. The van der Waals surface area contributed by atoms with Crippen molar-refractivity contribution in [2.45, 2.75) is 6.10 Å². The van der Waals surface area contributed by atoms with Crippen molar-refractivity contribution in [2.75, 3.05) is 30.4 Å². The normalized spacial score (nSPS) is 15.7. The molecule has 0 radical (unpaired) electrons. The van der Waals surface area contributed by atoms with Crippen LogP contribution in [0.4, 0.5) is 11.4 Å². The van der Waals surface area contributed by atoms with Gasteiger partial charge in [-0.2, -0.15) is 0 Å². The van der Waals surface area contributed by atoms with Crippen molar-refractivity contribution in [2.24, 2.45) is 0 Å². The van der Waals surface area contributed by atoms with E-state index < -0.39 is 6.10 Å². The van der Waals surface area contributed by atoms with Gasteiger partial charge in [0, 0.05) is 11.5 Å². The molecular formula is C18H17BrClN3O3. The molecule has 0 saturated carbocycles. The van der Waals surface area contributed by atoms with Crippen LogP contribution in [-0.4, -0.2) is 38.1 Å². The van der Waals surface area contributed by atoms with E-state index in [-0.39, 0.29) is 24.9 Å². The maximum atomic E-state index is 12.5. The van der Waals surface area contributed by atoms with Crippen LogP contribution in [0, 0.1) is 0 Å². The fourth-order valence-electron chi connectivity index (χ4n) is 2.71. The predicted octanol–water partition coefficient (Wildman–Crippen LogP) is 3.05.